The number of ether oxygens (including phenoxy) is 1. The Kier molecular flexibility index (Phi) is 15.6. The lowest BCUT2D eigenvalue weighted by Crippen LogP contribution is -2.46. The molecule has 7 atom stereocenters. The smallest absolute Gasteiger partial charge is 0.481 e. The average Bonchev–Trinajstić information content (AvgIpc) is 3.61. The quantitative estimate of drug-likeness (QED) is 0.0322. The van der Waals surface area contributed by atoms with Crippen molar-refractivity contribution in [2.75, 3.05) is 37.8 Å². The number of hydrogen-bond donors (Lipinski definition) is 10. The number of nitrogens with two attached hydrogens (primary N) is 1. The maximum absolute atomic E-state index is 12.6. The van der Waals surface area contributed by atoms with E-state index >= 15 is 0 Å². The summed E-state index contributed by atoms with van der Waals surface area (Å²) < 4.78 is 61.8. The number of imidazole rings is 1. The van der Waals surface area contributed by atoms with Crippen LogP contribution in [-0.2, 0) is 50.7 Å². The minimum Gasteiger partial charge on any atom is -0.515 e. The van der Waals surface area contributed by atoms with Crippen LogP contribution < -0.4 is 16.4 Å². The molecule has 0 spiro atoms. The summed E-state index contributed by atoms with van der Waals surface area (Å²) in [4.78, 5) is 86.4. The number of carbonyl (C=O) groups is 3. The Morgan fingerprint density at radius 1 is 1.09 bits per heavy atom. The highest BCUT2D eigenvalue weighted by Crippen LogP contribution is 2.61. The van der Waals surface area contributed by atoms with E-state index in [-0.39, 0.29) is 42.2 Å². The highest BCUT2D eigenvalue weighted by molar-refractivity contribution is 8.14. The number of nitrogen functional groups attached to an aromatic ring is 1. The molecule has 2 aromatic heterocycles. The molecule has 2 aromatic rings. The number of thioether (sulfide) groups is 1. The monoisotopic (exact) mass is 837 g/mol. The van der Waals surface area contributed by atoms with E-state index in [0.717, 1.165) is 35.1 Å². The van der Waals surface area contributed by atoms with Gasteiger partial charge in [0.1, 0.15) is 36.3 Å². The van der Waals surface area contributed by atoms with E-state index in [9.17, 15) is 57.9 Å². The second kappa shape index (κ2) is 18.6. The number of aliphatic hydroxyl groups excluding tert-OH is 3. The van der Waals surface area contributed by atoms with Gasteiger partial charge in [-0.3, -0.25) is 32.5 Å². The lowest BCUT2D eigenvalue weighted by molar-refractivity contribution is -0.137. The van der Waals surface area contributed by atoms with Gasteiger partial charge < -0.3 is 56.0 Å². The van der Waals surface area contributed by atoms with Crippen molar-refractivity contribution in [1.82, 2.24) is 30.2 Å². The Labute approximate surface area is 303 Å². The molecule has 0 aliphatic carbocycles. The largest absolute Gasteiger partial charge is 0.515 e. The number of carbonyl (C=O) groups excluding carboxylic acids is 3. The van der Waals surface area contributed by atoms with E-state index in [1.54, 1.807) is 0 Å². The normalized spacial score (nSPS) is 22.3. The standard InChI is InChI=1S/C24H38N7O18P3S/c1-24(2,19(36)22(37)27-5-3-14(33)26-6-8-53-15(34)4-7-32)10-46-52(43,44)49-51(41,42)45-9-13-18(48-50(38,39)40)17(35)23(47-13)31-12-30-16-20(25)28-11-29-21(16)31/h4,7,11-13,17-19,23,32,35-36H,3,5-6,8-10H2,1-2H3,(H,26,33)(H,27,37)(H,41,42)(H,43,44)(H2,25,28,29)(H2,38,39,40)/t13-,17-,18-,19?,23-/m1/s1. The first kappa shape index (κ1) is 44.5. The van der Waals surface area contributed by atoms with Gasteiger partial charge in [-0.15, -0.1) is 0 Å². The van der Waals surface area contributed by atoms with Crippen molar-refractivity contribution < 1.29 is 85.6 Å². The molecule has 2 amide bonds. The summed E-state index contributed by atoms with van der Waals surface area (Å²) in [6, 6.07) is 0. The van der Waals surface area contributed by atoms with E-state index in [1.165, 1.54) is 13.8 Å². The molecule has 29 heteroatoms. The summed E-state index contributed by atoms with van der Waals surface area (Å²) in [5.74, 6) is -1.32. The van der Waals surface area contributed by atoms with Gasteiger partial charge >= 0.3 is 23.5 Å². The van der Waals surface area contributed by atoms with Crippen LogP contribution in [-0.4, -0.2) is 128 Å². The summed E-state index contributed by atoms with van der Waals surface area (Å²) in [5.41, 5.74) is 4.22. The summed E-state index contributed by atoms with van der Waals surface area (Å²) in [6.07, 6.45) is -5.48. The second-order valence-electron chi connectivity index (χ2n) is 11.6. The predicted octanol–water partition coefficient (Wildman–Crippen LogP) is -1.26. The fourth-order valence-electron chi connectivity index (χ4n) is 4.39. The zero-order valence-corrected chi connectivity index (χ0v) is 31.2. The zero-order chi connectivity index (χ0) is 39.8. The van der Waals surface area contributed by atoms with Crippen LogP contribution in [0.3, 0.4) is 0 Å². The van der Waals surface area contributed by atoms with Crippen LogP contribution in [0.15, 0.2) is 25.0 Å². The molecular formula is C24H38N7O18P3S. The van der Waals surface area contributed by atoms with Gasteiger partial charge in [0.25, 0.3) is 0 Å². The lowest BCUT2D eigenvalue weighted by atomic mass is 9.87. The Morgan fingerprint density at radius 2 is 1.77 bits per heavy atom. The Hall–Kier alpha value is -2.90. The molecule has 11 N–H and O–H groups in total. The summed E-state index contributed by atoms with van der Waals surface area (Å²) in [7, 11) is -16.4. The van der Waals surface area contributed by atoms with Crippen molar-refractivity contribution >= 4 is 69.1 Å². The SMILES string of the molecule is CC(C)(COP(=O)(O)OP(=O)(O)OC[C@H]1O[C@@H](n2cnc3c(N)ncnc32)[C@H](O)[C@@H]1OP(=O)(O)O)C(O)C(=O)NCCC(=O)NCCSC(=O)C=CO. The van der Waals surface area contributed by atoms with E-state index in [2.05, 4.69) is 34.4 Å². The van der Waals surface area contributed by atoms with Crippen LogP contribution in [0.2, 0.25) is 0 Å². The van der Waals surface area contributed by atoms with E-state index < -0.39 is 89.7 Å². The van der Waals surface area contributed by atoms with Crippen molar-refractivity contribution in [1.29, 1.82) is 0 Å². The van der Waals surface area contributed by atoms with Gasteiger partial charge in [-0.05, 0) is 0 Å². The highest BCUT2D eigenvalue weighted by atomic mass is 32.2. The van der Waals surface area contributed by atoms with Gasteiger partial charge in [0.15, 0.2) is 17.7 Å². The Morgan fingerprint density at radius 3 is 2.43 bits per heavy atom. The number of phosphoric acid groups is 3. The van der Waals surface area contributed by atoms with Crippen molar-refractivity contribution in [3.63, 3.8) is 0 Å². The molecule has 1 fully saturated rings. The molecular weight excluding hydrogens is 799 g/mol. The van der Waals surface area contributed by atoms with Gasteiger partial charge in [0, 0.05) is 36.8 Å². The third-order valence-electron chi connectivity index (χ3n) is 6.96. The zero-order valence-electron chi connectivity index (χ0n) is 27.7. The second-order valence-corrected chi connectivity index (χ2v) is 16.9. The van der Waals surface area contributed by atoms with Crippen LogP contribution in [0.4, 0.5) is 5.82 Å². The first-order valence-electron chi connectivity index (χ1n) is 14.9. The van der Waals surface area contributed by atoms with E-state index in [1.807, 2.05) is 0 Å². The molecule has 0 radical (unpaired) electrons. The molecule has 3 heterocycles. The Balaban J connectivity index is 1.52. The number of aromatic nitrogens is 4. The third kappa shape index (κ3) is 13.4. The summed E-state index contributed by atoms with van der Waals surface area (Å²) >= 11 is 0.848. The number of aliphatic hydroxyl groups is 3. The molecule has 0 bridgehead atoms. The number of nitrogens with one attached hydrogen (secondary N) is 2. The van der Waals surface area contributed by atoms with Gasteiger partial charge in [-0.1, -0.05) is 25.6 Å². The minimum absolute atomic E-state index is 0.0245. The summed E-state index contributed by atoms with van der Waals surface area (Å²) in [5, 5.41) is 34.2. The molecule has 1 aliphatic rings. The van der Waals surface area contributed by atoms with Gasteiger partial charge in [0.05, 0.1) is 25.8 Å². The molecule has 1 aliphatic heterocycles. The number of nitrogens with zero attached hydrogens (tertiary/aromatic N) is 4. The van der Waals surface area contributed by atoms with Crippen LogP contribution in [0.25, 0.3) is 11.2 Å². The third-order valence-corrected chi connectivity index (χ3v) is 10.9. The fourth-order valence-corrected chi connectivity index (χ4v) is 7.78. The van der Waals surface area contributed by atoms with Crippen LogP contribution in [0.5, 0.6) is 0 Å². The first-order valence-corrected chi connectivity index (χ1v) is 20.4. The molecule has 53 heavy (non-hydrogen) atoms. The molecule has 3 rings (SSSR count). The number of amides is 2. The number of fused-ring (bicyclic) bond motifs is 1. The maximum Gasteiger partial charge on any atom is 0.481 e. The minimum atomic E-state index is -5.57. The van der Waals surface area contributed by atoms with Crippen molar-refractivity contribution in [3.8, 4) is 0 Å². The van der Waals surface area contributed by atoms with Gasteiger partial charge in [0.2, 0.25) is 16.9 Å². The topological polar surface area (TPSA) is 384 Å². The number of rotatable bonds is 20. The average molecular weight is 838 g/mol. The number of anilines is 1. The Bertz CT molecular complexity index is 1790. The van der Waals surface area contributed by atoms with Gasteiger partial charge in [-0.2, -0.15) is 4.31 Å². The van der Waals surface area contributed by atoms with Crippen LogP contribution in [0, 0.1) is 5.41 Å². The predicted molar refractivity (Wildman–Crippen MR) is 179 cm³/mol. The van der Waals surface area contributed by atoms with Crippen molar-refractivity contribution in [3.05, 3.63) is 25.0 Å². The summed E-state index contributed by atoms with van der Waals surface area (Å²) in [6.45, 7) is 0.309. The molecule has 0 aromatic carbocycles. The number of hydrogen-bond acceptors (Lipinski definition) is 19. The molecule has 3 unspecified atom stereocenters. The first-order chi connectivity index (χ1) is 24.6. The lowest BCUT2D eigenvalue weighted by Gasteiger charge is -2.30. The van der Waals surface area contributed by atoms with Gasteiger partial charge in [-0.25, -0.2) is 28.6 Å². The number of phosphoric ester groups is 3. The molecule has 25 nitrogen and oxygen atoms in total. The maximum atomic E-state index is 12.6. The molecule has 0 saturated carbocycles. The molecule has 298 valence electrons. The highest BCUT2D eigenvalue weighted by Gasteiger charge is 2.50. The van der Waals surface area contributed by atoms with Crippen molar-refractivity contribution in [2.45, 2.75) is 50.9 Å². The van der Waals surface area contributed by atoms with E-state index in [4.69, 9.17) is 24.6 Å². The van der Waals surface area contributed by atoms with Crippen LogP contribution >= 0.6 is 35.2 Å². The van der Waals surface area contributed by atoms with E-state index in [0.29, 0.717) is 6.26 Å². The fraction of sp³-hybridized carbons (Fsp3) is 0.583. The molecule has 1 saturated heterocycles. The van der Waals surface area contributed by atoms with Crippen molar-refractivity contribution in [2.24, 2.45) is 5.41 Å². The van der Waals surface area contributed by atoms with Crippen LogP contribution in [0.1, 0.15) is 26.5 Å².